The van der Waals surface area contributed by atoms with Gasteiger partial charge in [-0.1, -0.05) is 62.4 Å². The molecule has 2 amide bonds. The third-order valence-electron chi connectivity index (χ3n) is 5.79. The summed E-state index contributed by atoms with van der Waals surface area (Å²) in [4.78, 5) is 36.7. The van der Waals surface area contributed by atoms with Crippen molar-refractivity contribution in [1.29, 1.82) is 0 Å². The van der Waals surface area contributed by atoms with E-state index in [2.05, 4.69) is 22.8 Å². The molecular formula is C25H30N2O6. The minimum atomic E-state index is -1.16. The minimum Gasteiger partial charge on any atom is -0.480 e. The van der Waals surface area contributed by atoms with Gasteiger partial charge in [-0.2, -0.15) is 0 Å². The largest absolute Gasteiger partial charge is 0.480 e. The molecule has 2 atom stereocenters. The molecule has 0 aromatic heterocycles. The first-order valence-electron chi connectivity index (χ1n) is 11.0. The highest BCUT2D eigenvalue weighted by Gasteiger charge is 2.31. The van der Waals surface area contributed by atoms with E-state index in [-0.39, 0.29) is 31.5 Å². The Morgan fingerprint density at radius 1 is 0.970 bits per heavy atom. The predicted molar refractivity (Wildman–Crippen MR) is 123 cm³/mol. The molecule has 1 aliphatic rings. The number of carboxylic acids is 1. The maximum atomic E-state index is 12.7. The van der Waals surface area contributed by atoms with E-state index in [1.54, 1.807) is 13.8 Å². The number of nitrogens with one attached hydrogen (secondary N) is 2. The fraction of sp³-hybridized carbons (Fsp3) is 0.400. The molecule has 1 aliphatic carbocycles. The molecule has 3 N–H and O–H groups in total. The van der Waals surface area contributed by atoms with Gasteiger partial charge in [0.1, 0.15) is 18.7 Å². The number of alkyl carbamates (subject to hydrolysis) is 1. The Morgan fingerprint density at radius 3 is 2.06 bits per heavy atom. The van der Waals surface area contributed by atoms with Crippen LogP contribution in [0.4, 0.5) is 4.79 Å². The van der Waals surface area contributed by atoms with Crippen LogP contribution in [-0.4, -0.2) is 55.5 Å². The number of benzene rings is 2. The van der Waals surface area contributed by atoms with Crippen molar-refractivity contribution in [2.45, 2.75) is 38.3 Å². The molecule has 176 valence electrons. The molecule has 0 aliphatic heterocycles. The van der Waals surface area contributed by atoms with Gasteiger partial charge in [0.2, 0.25) is 5.91 Å². The summed E-state index contributed by atoms with van der Waals surface area (Å²) in [5.74, 6) is -2.12. The minimum absolute atomic E-state index is 0.0973. The van der Waals surface area contributed by atoms with Crippen molar-refractivity contribution in [2.24, 2.45) is 5.92 Å². The maximum absolute atomic E-state index is 12.7. The van der Waals surface area contributed by atoms with E-state index in [9.17, 15) is 19.5 Å². The zero-order valence-electron chi connectivity index (χ0n) is 19.0. The van der Waals surface area contributed by atoms with Gasteiger partial charge in [-0.15, -0.1) is 0 Å². The first kappa shape index (κ1) is 24.3. The number of hydrogen-bond acceptors (Lipinski definition) is 5. The molecule has 0 fully saturated rings. The third-order valence-corrected chi connectivity index (χ3v) is 5.79. The van der Waals surface area contributed by atoms with Crippen LogP contribution in [0.25, 0.3) is 11.1 Å². The number of ether oxygens (including phenoxy) is 2. The number of carboxylic acid groups (broad SMARTS) is 1. The summed E-state index contributed by atoms with van der Waals surface area (Å²) in [7, 11) is 1.45. The highest BCUT2D eigenvalue weighted by Crippen LogP contribution is 2.44. The van der Waals surface area contributed by atoms with Gasteiger partial charge in [-0.3, -0.25) is 4.79 Å². The standard InChI is InChI=1S/C25H30N2O6/c1-15(2)22(23(28)26-21(24(29)30)12-13-32-3)27-25(31)33-14-20-18-10-6-4-8-16(18)17-9-5-7-11-19(17)20/h4-11,15,20-22H,12-14H2,1-3H3,(H,26,28)(H,27,31)(H,29,30)/t21?,22-/m1/s1. The van der Waals surface area contributed by atoms with Gasteiger partial charge in [0, 0.05) is 26.1 Å². The molecule has 0 bridgehead atoms. The van der Waals surface area contributed by atoms with Crippen molar-refractivity contribution in [3.05, 3.63) is 59.7 Å². The van der Waals surface area contributed by atoms with E-state index in [1.807, 2.05) is 36.4 Å². The second-order valence-electron chi connectivity index (χ2n) is 8.37. The lowest BCUT2D eigenvalue weighted by Crippen LogP contribution is -2.54. The zero-order valence-corrected chi connectivity index (χ0v) is 19.0. The number of fused-ring (bicyclic) bond motifs is 3. The van der Waals surface area contributed by atoms with E-state index < -0.39 is 30.1 Å². The summed E-state index contributed by atoms with van der Waals surface area (Å²) < 4.78 is 10.4. The van der Waals surface area contributed by atoms with E-state index in [0.717, 1.165) is 22.3 Å². The highest BCUT2D eigenvalue weighted by molar-refractivity contribution is 5.89. The molecule has 0 radical (unpaired) electrons. The lowest BCUT2D eigenvalue weighted by Gasteiger charge is -2.24. The van der Waals surface area contributed by atoms with Crippen LogP contribution in [0.3, 0.4) is 0 Å². The monoisotopic (exact) mass is 454 g/mol. The Labute approximate surface area is 193 Å². The van der Waals surface area contributed by atoms with Gasteiger partial charge < -0.3 is 25.2 Å². The van der Waals surface area contributed by atoms with Crippen molar-refractivity contribution >= 4 is 18.0 Å². The molecule has 2 aromatic carbocycles. The smallest absolute Gasteiger partial charge is 0.407 e. The van der Waals surface area contributed by atoms with E-state index in [1.165, 1.54) is 7.11 Å². The van der Waals surface area contributed by atoms with Gasteiger partial charge in [0.25, 0.3) is 0 Å². The quantitative estimate of drug-likeness (QED) is 0.508. The van der Waals surface area contributed by atoms with Gasteiger partial charge in [0.05, 0.1) is 0 Å². The van der Waals surface area contributed by atoms with Crippen LogP contribution in [0.5, 0.6) is 0 Å². The SMILES string of the molecule is COCCC(NC(=O)[C@H](NC(=O)OCC1c2ccccc2-c2ccccc21)C(C)C)C(=O)O. The van der Waals surface area contributed by atoms with Crippen LogP contribution in [0.15, 0.2) is 48.5 Å². The summed E-state index contributed by atoms with van der Waals surface area (Å²) in [5, 5.41) is 14.4. The number of carbonyl (C=O) groups is 3. The summed E-state index contributed by atoms with van der Waals surface area (Å²) >= 11 is 0. The lowest BCUT2D eigenvalue weighted by atomic mass is 9.98. The van der Waals surface area contributed by atoms with Crippen LogP contribution in [-0.2, 0) is 19.1 Å². The van der Waals surface area contributed by atoms with Gasteiger partial charge in [0.15, 0.2) is 0 Å². The number of carbonyl (C=O) groups excluding carboxylic acids is 2. The zero-order chi connectivity index (χ0) is 24.0. The van der Waals surface area contributed by atoms with Crippen molar-refractivity contribution < 1.29 is 29.0 Å². The molecule has 3 rings (SSSR count). The van der Waals surface area contributed by atoms with Crippen molar-refractivity contribution in [1.82, 2.24) is 10.6 Å². The number of methoxy groups -OCH3 is 1. The normalized spacial score (nSPS) is 14.2. The van der Waals surface area contributed by atoms with Gasteiger partial charge in [-0.05, 0) is 28.2 Å². The van der Waals surface area contributed by atoms with Gasteiger partial charge >= 0.3 is 12.1 Å². The Hall–Kier alpha value is -3.39. The Morgan fingerprint density at radius 2 is 1.55 bits per heavy atom. The fourth-order valence-corrected chi connectivity index (χ4v) is 4.06. The maximum Gasteiger partial charge on any atom is 0.407 e. The van der Waals surface area contributed by atoms with Crippen LogP contribution in [0.2, 0.25) is 0 Å². The molecule has 8 heteroatoms. The molecule has 2 aromatic rings. The van der Waals surface area contributed by atoms with Gasteiger partial charge in [-0.25, -0.2) is 9.59 Å². The molecule has 8 nitrogen and oxygen atoms in total. The summed E-state index contributed by atoms with van der Waals surface area (Å²) in [5.41, 5.74) is 4.42. The number of aliphatic carboxylic acids is 1. The third kappa shape index (κ3) is 5.70. The second-order valence-corrected chi connectivity index (χ2v) is 8.37. The fourth-order valence-electron chi connectivity index (χ4n) is 4.06. The highest BCUT2D eigenvalue weighted by atomic mass is 16.5. The number of rotatable bonds is 10. The number of amides is 2. The molecule has 0 saturated heterocycles. The van der Waals surface area contributed by atoms with Crippen molar-refractivity contribution in [2.75, 3.05) is 20.3 Å². The average Bonchev–Trinajstić information content (AvgIpc) is 3.12. The predicted octanol–water partition coefficient (Wildman–Crippen LogP) is 3.16. The molecule has 0 spiro atoms. The Kier molecular flexibility index (Phi) is 8.06. The first-order chi connectivity index (χ1) is 15.8. The van der Waals surface area contributed by atoms with E-state index in [0.29, 0.717) is 0 Å². The number of hydrogen-bond donors (Lipinski definition) is 3. The Bertz CT molecular complexity index is 960. The average molecular weight is 455 g/mol. The van der Waals surface area contributed by atoms with Crippen molar-refractivity contribution in [3.8, 4) is 11.1 Å². The topological polar surface area (TPSA) is 114 Å². The first-order valence-corrected chi connectivity index (χ1v) is 11.0. The van der Waals surface area contributed by atoms with Crippen LogP contribution in [0, 0.1) is 5.92 Å². The molecular weight excluding hydrogens is 424 g/mol. The molecule has 0 saturated carbocycles. The molecule has 0 heterocycles. The second kappa shape index (κ2) is 11.0. The summed E-state index contributed by atoms with van der Waals surface area (Å²) in [6.45, 7) is 3.83. The van der Waals surface area contributed by atoms with Crippen molar-refractivity contribution in [3.63, 3.8) is 0 Å². The van der Waals surface area contributed by atoms with Crippen LogP contribution < -0.4 is 10.6 Å². The Balaban J connectivity index is 1.64. The van der Waals surface area contributed by atoms with Crippen LogP contribution >= 0.6 is 0 Å². The molecule has 33 heavy (non-hydrogen) atoms. The van der Waals surface area contributed by atoms with E-state index >= 15 is 0 Å². The van der Waals surface area contributed by atoms with Crippen LogP contribution in [0.1, 0.15) is 37.3 Å². The van der Waals surface area contributed by atoms with E-state index in [4.69, 9.17) is 9.47 Å². The summed E-state index contributed by atoms with van der Waals surface area (Å²) in [6.07, 6.45) is -0.609. The summed E-state index contributed by atoms with van der Waals surface area (Å²) in [6, 6.07) is 14.0. The molecule has 1 unspecified atom stereocenters. The lowest BCUT2D eigenvalue weighted by molar-refractivity contribution is -0.142.